The summed E-state index contributed by atoms with van der Waals surface area (Å²) in [6.07, 6.45) is -3.56. The number of alkyl halides is 3. The minimum Gasteiger partial charge on any atom is -0.406 e. The van der Waals surface area contributed by atoms with Crippen molar-refractivity contribution in [2.24, 2.45) is 5.92 Å². The summed E-state index contributed by atoms with van der Waals surface area (Å²) in [5.41, 5.74) is 0. The normalized spacial score (nSPS) is 19.2. The van der Waals surface area contributed by atoms with Crippen LogP contribution in [0, 0.1) is 5.92 Å². The fraction of sp³-hybridized carbons (Fsp3) is 0.611. The van der Waals surface area contributed by atoms with Crippen molar-refractivity contribution in [2.45, 2.75) is 36.8 Å². The second-order valence-corrected chi connectivity index (χ2v) is 8.76. The Morgan fingerprint density at radius 1 is 1.13 bits per heavy atom. The molecule has 0 aromatic heterocycles. The summed E-state index contributed by atoms with van der Waals surface area (Å²) >= 11 is 0. The zero-order chi connectivity index (χ0) is 21.8. The number of halogens is 3. The SMILES string of the molecule is O=C(CCNS(=O)(=O)c1ccc(OC(F)(F)F)cc1)N1CCC(C2OCCO2)CC1. The van der Waals surface area contributed by atoms with Gasteiger partial charge in [-0.25, -0.2) is 13.1 Å². The molecule has 30 heavy (non-hydrogen) atoms. The van der Waals surface area contributed by atoms with E-state index in [9.17, 15) is 26.4 Å². The maximum Gasteiger partial charge on any atom is 0.573 e. The monoisotopic (exact) mass is 452 g/mol. The third kappa shape index (κ3) is 6.30. The highest BCUT2D eigenvalue weighted by molar-refractivity contribution is 7.89. The average Bonchev–Trinajstić information content (AvgIpc) is 3.22. The molecule has 0 atom stereocenters. The molecule has 168 valence electrons. The molecule has 0 radical (unpaired) electrons. The second-order valence-electron chi connectivity index (χ2n) is 7.00. The van der Waals surface area contributed by atoms with Gasteiger partial charge < -0.3 is 19.1 Å². The Hall–Kier alpha value is -1.89. The number of likely N-dealkylation sites (tertiary alicyclic amines) is 1. The van der Waals surface area contributed by atoms with Crippen molar-refractivity contribution in [3.63, 3.8) is 0 Å². The molecule has 2 aliphatic rings. The third-order valence-electron chi connectivity index (χ3n) is 4.92. The van der Waals surface area contributed by atoms with Crippen LogP contribution in [0.15, 0.2) is 29.2 Å². The molecular formula is C18H23F3N2O6S. The lowest BCUT2D eigenvalue weighted by atomic mass is 9.96. The molecule has 0 saturated carbocycles. The molecule has 1 aromatic rings. The lowest BCUT2D eigenvalue weighted by Gasteiger charge is -2.33. The summed E-state index contributed by atoms with van der Waals surface area (Å²) in [6.45, 7) is 2.17. The fourth-order valence-corrected chi connectivity index (χ4v) is 4.46. The number of nitrogens with zero attached hydrogens (tertiary/aromatic N) is 1. The first kappa shape index (κ1) is 22.8. The van der Waals surface area contributed by atoms with Crippen molar-refractivity contribution in [1.82, 2.24) is 9.62 Å². The maximum atomic E-state index is 12.3. The highest BCUT2D eigenvalue weighted by atomic mass is 32.2. The highest BCUT2D eigenvalue weighted by Crippen LogP contribution is 2.26. The Labute approximate surface area is 172 Å². The summed E-state index contributed by atoms with van der Waals surface area (Å²) in [4.78, 5) is 13.8. The van der Waals surface area contributed by atoms with E-state index in [1.807, 2.05) is 0 Å². The highest BCUT2D eigenvalue weighted by Gasteiger charge is 2.32. The van der Waals surface area contributed by atoms with E-state index in [-0.39, 0.29) is 36.0 Å². The van der Waals surface area contributed by atoms with E-state index < -0.39 is 22.1 Å². The Bertz CT molecular complexity index is 817. The predicted octanol–water partition coefficient (Wildman–Crippen LogP) is 1.87. The summed E-state index contributed by atoms with van der Waals surface area (Å²) in [5, 5.41) is 0. The molecule has 2 saturated heterocycles. The van der Waals surface area contributed by atoms with Crippen LogP contribution < -0.4 is 9.46 Å². The zero-order valence-corrected chi connectivity index (χ0v) is 16.9. The fourth-order valence-electron chi connectivity index (χ4n) is 3.42. The van der Waals surface area contributed by atoms with E-state index >= 15 is 0 Å². The number of ether oxygens (including phenoxy) is 3. The van der Waals surface area contributed by atoms with Gasteiger partial charge in [-0.3, -0.25) is 4.79 Å². The first-order valence-electron chi connectivity index (χ1n) is 9.50. The van der Waals surface area contributed by atoms with Gasteiger partial charge in [-0.15, -0.1) is 13.2 Å². The first-order chi connectivity index (χ1) is 14.1. The number of carbonyl (C=O) groups excluding carboxylic acids is 1. The number of sulfonamides is 1. The van der Waals surface area contributed by atoms with Crippen LogP contribution >= 0.6 is 0 Å². The lowest BCUT2D eigenvalue weighted by Crippen LogP contribution is -2.42. The standard InChI is InChI=1S/C18H23F3N2O6S/c19-18(20,21)29-14-1-3-15(4-2-14)30(25,26)22-8-5-16(24)23-9-6-13(7-10-23)17-27-11-12-28-17/h1-4,13,17,22H,5-12H2. The van der Waals surface area contributed by atoms with E-state index in [2.05, 4.69) is 9.46 Å². The Balaban J connectivity index is 1.43. The van der Waals surface area contributed by atoms with Gasteiger partial charge in [0.25, 0.3) is 0 Å². The second kappa shape index (κ2) is 9.50. The molecule has 12 heteroatoms. The van der Waals surface area contributed by atoms with E-state index in [0.717, 1.165) is 37.1 Å². The maximum absolute atomic E-state index is 12.3. The van der Waals surface area contributed by atoms with Crippen LogP contribution in [0.4, 0.5) is 13.2 Å². The van der Waals surface area contributed by atoms with E-state index in [0.29, 0.717) is 26.3 Å². The van der Waals surface area contributed by atoms with Crippen molar-refractivity contribution in [2.75, 3.05) is 32.8 Å². The summed E-state index contributed by atoms with van der Waals surface area (Å²) < 4.78 is 78.0. The molecule has 0 unspecified atom stereocenters. The van der Waals surface area contributed by atoms with Gasteiger partial charge in [-0.2, -0.15) is 0 Å². The van der Waals surface area contributed by atoms with E-state index in [1.165, 1.54) is 0 Å². The van der Waals surface area contributed by atoms with E-state index in [1.54, 1.807) is 4.90 Å². The number of rotatable bonds is 7. The van der Waals surface area contributed by atoms with Gasteiger partial charge in [-0.05, 0) is 37.1 Å². The van der Waals surface area contributed by atoms with Crippen LogP contribution in [0.5, 0.6) is 5.75 Å². The summed E-state index contributed by atoms with van der Waals surface area (Å²) in [6, 6.07) is 3.83. The van der Waals surface area contributed by atoms with Gasteiger partial charge in [0.1, 0.15) is 5.75 Å². The Kier molecular flexibility index (Phi) is 7.22. The minimum absolute atomic E-state index is 0.0183. The van der Waals surface area contributed by atoms with Gasteiger partial charge in [0.15, 0.2) is 6.29 Å². The molecule has 3 rings (SSSR count). The summed E-state index contributed by atoms with van der Waals surface area (Å²) in [7, 11) is -3.96. The predicted molar refractivity (Wildman–Crippen MR) is 97.9 cm³/mol. The number of benzene rings is 1. The van der Waals surface area contributed by atoms with Crippen molar-refractivity contribution >= 4 is 15.9 Å². The quantitative estimate of drug-likeness (QED) is 0.679. The molecular weight excluding hydrogens is 429 g/mol. The Morgan fingerprint density at radius 3 is 2.30 bits per heavy atom. The van der Waals surface area contributed by atoms with Crippen molar-refractivity contribution in [3.05, 3.63) is 24.3 Å². The third-order valence-corrected chi connectivity index (χ3v) is 6.40. The molecule has 0 bridgehead atoms. The molecule has 1 N–H and O–H groups in total. The number of hydrogen-bond acceptors (Lipinski definition) is 6. The number of piperidine rings is 1. The van der Waals surface area contributed by atoms with Gasteiger partial charge in [0.2, 0.25) is 15.9 Å². The van der Waals surface area contributed by atoms with E-state index in [4.69, 9.17) is 9.47 Å². The van der Waals surface area contributed by atoms with Gasteiger partial charge in [0, 0.05) is 32.0 Å². The molecule has 1 aromatic carbocycles. The lowest BCUT2D eigenvalue weighted by molar-refractivity contribution is -0.274. The molecule has 2 heterocycles. The van der Waals surface area contributed by atoms with Crippen LogP contribution in [0.25, 0.3) is 0 Å². The summed E-state index contributed by atoms with van der Waals surface area (Å²) in [5.74, 6) is -0.439. The molecule has 2 aliphatic heterocycles. The number of nitrogens with one attached hydrogen (secondary N) is 1. The van der Waals surface area contributed by atoms with Crippen molar-refractivity contribution < 1.29 is 40.6 Å². The molecule has 0 spiro atoms. The molecule has 8 nitrogen and oxygen atoms in total. The Morgan fingerprint density at radius 2 is 1.73 bits per heavy atom. The van der Waals surface area contributed by atoms with Crippen molar-refractivity contribution in [3.8, 4) is 5.75 Å². The first-order valence-corrected chi connectivity index (χ1v) is 11.0. The molecule has 1 amide bonds. The van der Waals surface area contributed by atoms with Crippen LogP contribution in [0.3, 0.4) is 0 Å². The largest absolute Gasteiger partial charge is 0.573 e. The zero-order valence-electron chi connectivity index (χ0n) is 16.1. The van der Waals surface area contributed by atoms with Crippen molar-refractivity contribution in [1.29, 1.82) is 0 Å². The number of hydrogen-bond donors (Lipinski definition) is 1. The van der Waals surface area contributed by atoms with Gasteiger partial charge in [0.05, 0.1) is 18.1 Å². The van der Waals surface area contributed by atoms with Gasteiger partial charge >= 0.3 is 6.36 Å². The van der Waals surface area contributed by atoms with Crippen LogP contribution in [-0.4, -0.2) is 64.7 Å². The van der Waals surface area contributed by atoms with Gasteiger partial charge in [-0.1, -0.05) is 0 Å². The van der Waals surface area contributed by atoms with Crippen LogP contribution in [-0.2, 0) is 24.3 Å². The van der Waals surface area contributed by atoms with Crippen LogP contribution in [0.1, 0.15) is 19.3 Å². The van der Waals surface area contributed by atoms with Crippen LogP contribution in [0.2, 0.25) is 0 Å². The number of carbonyl (C=O) groups is 1. The molecule has 2 fully saturated rings. The number of amides is 1. The topological polar surface area (TPSA) is 94.2 Å². The average molecular weight is 452 g/mol. The minimum atomic E-state index is -4.86. The smallest absolute Gasteiger partial charge is 0.406 e. The molecule has 0 aliphatic carbocycles.